The topological polar surface area (TPSA) is 0 Å². The van der Waals surface area contributed by atoms with Gasteiger partial charge in [0.25, 0.3) is 0 Å². The van der Waals surface area contributed by atoms with E-state index in [9.17, 15) is 17.6 Å². The molecule has 2 rings (SSSR count). The van der Waals surface area contributed by atoms with Crippen LogP contribution in [0.5, 0.6) is 0 Å². The molecule has 19 heavy (non-hydrogen) atoms. The monoisotopic (exact) mass is 352 g/mol. The molecule has 0 aliphatic heterocycles. The van der Waals surface area contributed by atoms with E-state index in [1.807, 2.05) is 0 Å². The second-order valence-electron chi connectivity index (χ2n) is 3.79. The van der Waals surface area contributed by atoms with Crippen LogP contribution in [0, 0.1) is 23.3 Å². The highest BCUT2D eigenvalue weighted by Crippen LogP contribution is 2.38. The van der Waals surface area contributed by atoms with Gasteiger partial charge in [-0.25, -0.2) is 17.6 Å². The van der Waals surface area contributed by atoms with Crippen LogP contribution in [0.2, 0.25) is 5.02 Å². The fourth-order valence-electron chi connectivity index (χ4n) is 1.64. The van der Waals surface area contributed by atoms with Crippen molar-refractivity contribution in [2.75, 3.05) is 0 Å². The lowest BCUT2D eigenvalue weighted by molar-refractivity contribution is 0.507. The molecule has 1 atom stereocenters. The van der Waals surface area contributed by atoms with Gasteiger partial charge in [0, 0.05) is 10.6 Å². The van der Waals surface area contributed by atoms with Crippen molar-refractivity contribution in [2.45, 2.75) is 4.83 Å². The first kappa shape index (κ1) is 14.3. The molecule has 0 aliphatic rings. The third-order valence-electron chi connectivity index (χ3n) is 2.57. The van der Waals surface area contributed by atoms with Crippen LogP contribution in [-0.4, -0.2) is 0 Å². The Bertz CT molecular complexity index is 610. The summed E-state index contributed by atoms with van der Waals surface area (Å²) in [6.07, 6.45) is 0. The van der Waals surface area contributed by atoms with Gasteiger partial charge in [0.15, 0.2) is 11.6 Å². The van der Waals surface area contributed by atoms with Crippen LogP contribution in [0.15, 0.2) is 30.3 Å². The van der Waals surface area contributed by atoms with Crippen molar-refractivity contribution in [1.29, 1.82) is 0 Å². The molecule has 0 saturated carbocycles. The van der Waals surface area contributed by atoms with Crippen molar-refractivity contribution in [1.82, 2.24) is 0 Å². The second-order valence-corrected chi connectivity index (χ2v) is 5.11. The summed E-state index contributed by atoms with van der Waals surface area (Å²) in [5.41, 5.74) is -0.264. The van der Waals surface area contributed by atoms with Gasteiger partial charge in [0.1, 0.15) is 11.6 Å². The van der Waals surface area contributed by atoms with Crippen molar-refractivity contribution < 1.29 is 17.6 Å². The van der Waals surface area contributed by atoms with E-state index in [-0.39, 0.29) is 16.1 Å². The minimum absolute atomic E-state index is 0.0459. The van der Waals surface area contributed by atoms with Gasteiger partial charge in [-0.05, 0) is 29.8 Å². The van der Waals surface area contributed by atoms with Crippen LogP contribution in [-0.2, 0) is 0 Å². The molecule has 0 aromatic heterocycles. The van der Waals surface area contributed by atoms with Crippen molar-refractivity contribution in [2.24, 2.45) is 0 Å². The lowest BCUT2D eigenvalue weighted by Crippen LogP contribution is -2.02. The first-order valence-corrected chi connectivity index (χ1v) is 6.43. The lowest BCUT2D eigenvalue weighted by Gasteiger charge is -2.14. The average Bonchev–Trinajstić information content (AvgIpc) is 2.33. The molecule has 0 bridgehead atoms. The molecule has 2 aromatic carbocycles. The minimum atomic E-state index is -1.14. The molecule has 0 saturated heterocycles. The molecule has 0 spiro atoms. The van der Waals surface area contributed by atoms with Crippen LogP contribution in [0.25, 0.3) is 0 Å². The summed E-state index contributed by atoms with van der Waals surface area (Å²) >= 11 is 8.82. The zero-order valence-electron chi connectivity index (χ0n) is 9.23. The highest BCUT2D eigenvalue weighted by molar-refractivity contribution is 9.09. The van der Waals surface area contributed by atoms with Crippen molar-refractivity contribution >= 4 is 27.5 Å². The lowest BCUT2D eigenvalue weighted by atomic mass is 10.0. The Kier molecular flexibility index (Phi) is 4.16. The van der Waals surface area contributed by atoms with E-state index >= 15 is 0 Å². The number of rotatable bonds is 2. The van der Waals surface area contributed by atoms with E-state index in [2.05, 4.69) is 15.9 Å². The maximum absolute atomic E-state index is 13.6. The summed E-state index contributed by atoms with van der Waals surface area (Å²) < 4.78 is 53.4. The summed E-state index contributed by atoms with van der Waals surface area (Å²) in [5, 5.41) is -0.122. The number of halogens is 6. The van der Waals surface area contributed by atoms with E-state index in [1.165, 1.54) is 6.07 Å². The Morgan fingerprint density at radius 3 is 2.00 bits per heavy atom. The molecule has 100 valence electrons. The molecule has 2 aromatic rings. The molecule has 0 heterocycles. The smallest absolute Gasteiger partial charge is 0.160 e. The predicted molar refractivity (Wildman–Crippen MR) is 68.5 cm³/mol. The van der Waals surface area contributed by atoms with Gasteiger partial charge in [-0.1, -0.05) is 33.6 Å². The molecular weight excluding hydrogens is 347 g/mol. The first-order valence-electron chi connectivity index (χ1n) is 5.14. The van der Waals surface area contributed by atoms with E-state index in [0.29, 0.717) is 0 Å². The number of benzene rings is 2. The molecule has 0 N–H and O–H groups in total. The molecule has 0 radical (unpaired) electrons. The van der Waals surface area contributed by atoms with Crippen LogP contribution in [0.3, 0.4) is 0 Å². The quantitative estimate of drug-likeness (QED) is 0.386. The molecule has 1 unspecified atom stereocenters. The van der Waals surface area contributed by atoms with Gasteiger partial charge in [0.2, 0.25) is 0 Å². The summed E-state index contributed by atoms with van der Waals surface area (Å²) in [6, 6.07) is 4.92. The third kappa shape index (κ3) is 2.77. The number of hydrogen-bond donors (Lipinski definition) is 0. The largest absolute Gasteiger partial charge is 0.207 e. The van der Waals surface area contributed by atoms with Crippen molar-refractivity contribution in [3.63, 3.8) is 0 Å². The predicted octanol–water partition coefficient (Wildman–Crippen LogP) is 5.38. The van der Waals surface area contributed by atoms with Crippen LogP contribution < -0.4 is 0 Å². The SMILES string of the molecule is Fc1cc(Cl)c(C(Br)c2c(F)cccc2F)cc1F. The number of alkyl halides is 1. The Balaban J connectivity index is 2.56. The summed E-state index contributed by atoms with van der Waals surface area (Å²) in [6.45, 7) is 0. The second kappa shape index (κ2) is 5.51. The van der Waals surface area contributed by atoms with E-state index in [0.717, 1.165) is 24.3 Å². The molecule has 0 fully saturated rings. The maximum Gasteiger partial charge on any atom is 0.160 e. The van der Waals surface area contributed by atoms with Gasteiger partial charge < -0.3 is 0 Å². The fourth-order valence-corrected chi connectivity index (χ4v) is 2.85. The molecule has 0 nitrogen and oxygen atoms in total. The van der Waals surface area contributed by atoms with Crippen LogP contribution >= 0.6 is 27.5 Å². The van der Waals surface area contributed by atoms with Crippen LogP contribution in [0.1, 0.15) is 16.0 Å². The van der Waals surface area contributed by atoms with Gasteiger partial charge in [-0.2, -0.15) is 0 Å². The van der Waals surface area contributed by atoms with E-state index < -0.39 is 28.1 Å². The van der Waals surface area contributed by atoms with Crippen molar-refractivity contribution in [3.05, 3.63) is 69.8 Å². The molecular formula is C13H6BrClF4. The Hall–Kier alpha value is -1.07. The zero-order valence-corrected chi connectivity index (χ0v) is 11.6. The van der Waals surface area contributed by atoms with Gasteiger partial charge in [0.05, 0.1) is 4.83 Å². The van der Waals surface area contributed by atoms with Crippen molar-refractivity contribution in [3.8, 4) is 0 Å². The standard InChI is InChI=1S/C13H6BrClF4/c14-13(12-8(16)2-1-3-9(12)17)6-4-10(18)11(19)5-7(6)15/h1-5,13H. The molecule has 0 aliphatic carbocycles. The summed E-state index contributed by atoms with van der Waals surface area (Å²) in [5.74, 6) is -3.87. The average molecular weight is 354 g/mol. The summed E-state index contributed by atoms with van der Waals surface area (Å²) in [4.78, 5) is -1.02. The van der Waals surface area contributed by atoms with E-state index in [1.54, 1.807) is 0 Å². The number of hydrogen-bond acceptors (Lipinski definition) is 0. The fraction of sp³-hybridized carbons (Fsp3) is 0.0769. The van der Waals surface area contributed by atoms with Gasteiger partial charge in [-0.15, -0.1) is 0 Å². The van der Waals surface area contributed by atoms with E-state index in [4.69, 9.17) is 11.6 Å². The minimum Gasteiger partial charge on any atom is -0.207 e. The normalized spacial score (nSPS) is 12.5. The third-order valence-corrected chi connectivity index (χ3v) is 3.84. The highest BCUT2D eigenvalue weighted by Gasteiger charge is 2.23. The van der Waals surface area contributed by atoms with Gasteiger partial charge >= 0.3 is 0 Å². The molecule has 6 heteroatoms. The Labute approximate surface area is 120 Å². The first-order chi connectivity index (χ1) is 8.91. The van der Waals surface area contributed by atoms with Crippen LogP contribution in [0.4, 0.5) is 17.6 Å². The highest BCUT2D eigenvalue weighted by atomic mass is 79.9. The zero-order chi connectivity index (χ0) is 14.2. The summed E-state index contributed by atoms with van der Waals surface area (Å²) in [7, 11) is 0. The van der Waals surface area contributed by atoms with Gasteiger partial charge in [-0.3, -0.25) is 0 Å². The Morgan fingerprint density at radius 2 is 1.42 bits per heavy atom. The maximum atomic E-state index is 13.6. The Morgan fingerprint density at radius 1 is 0.895 bits per heavy atom. The molecule has 0 amide bonds.